The maximum atomic E-state index is 4.12. The summed E-state index contributed by atoms with van der Waals surface area (Å²) in [6.45, 7) is 5.44. The highest BCUT2D eigenvalue weighted by molar-refractivity contribution is 7.99. The van der Waals surface area contributed by atoms with E-state index in [0.29, 0.717) is 6.04 Å². The minimum atomic E-state index is 0.501. The fourth-order valence-electron chi connectivity index (χ4n) is 1.84. The number of hydrogen-bond acceptors (Lipinski definition) is 5. The van der Waals surface area contributed by atoms with Gasteiger partial charge in [-0.3, -0.25) is 0 Å². The molecule has 0 saturated carbocycles. The molecular weight excluding hydrogens is 270 g/mol. The largest absolute Gasteiger partial charge is 0.313 e. The highest BCUT2D eigenvalue weighted by atomic mass is 32.2. The summed E-state index contributed by atoms with van der Waals surface area (Å²) in [5, 5.41) is 16.4. The average Bonchev–Trinajstić information content (AvgIpc) is 2.97. The van der Waals surface area contributed by atoms with Crippen LogP contribution in [0, 0.1) is 0 Å². The van der Waals surface area contributed by atoms with Crippen molar-refractivity contribution < 1.29 is 0 Å². The van der Waals surface area contributed by atoms with Crippen LogP contribution in [-0.4, -0.2) is 38.5 Å². The Labute approximate surface area is 124 Å². The van der Waals surface area contributed by atoms with Crippen molar-refractivity contribution in [3.8, 4) is 5.69 Å². The molecule has 1 unspecified atom stereocenters. The van der Waals surface area contributed by atoms with E-state index < -0.39 is 0 Å². The van der Waals surface area contributed by atoms with Gasteiger partial charge in [0, 0.05) is 11.8 Å². The summed E-state index contributed by atoms with van der Waals surface area (Å²) < 4.78 is 1.79. The molecule has 0 saturated heterocycles. The molecule has 1 aromatic carbocycles. The molecule has 6 heteroatoms. The zero-order valence-corrected chi connectivity index (χ0v) is 12.8. The third-order valence-corrected chi connectivity index (χ3v) is 4.11. The highest BCUT2D eigenvalue weighted by Crippen LogP contribution is 2.19. The summed E-state index contributed by atoms with van der Waals surface area (Å²) in [6, 6.07) is 10.5. The van der Waals surface area contributed by atoms with Gasteiger partial charge in [-0.15, -0.1) is 5.10 Å². The van der Waals surface area contributed by atoms with Gasteiger partial charge < -0.3 is 5.32 Å². The number of aromatic nitrogens is 4. The van der Waals surface area contributed by atoms with Crippen LogP contribution in [0.2, 0.25) is 0 Å². The van der Waals surface area contributed by atoms with E-state index in [0.717, 1.165) is 36.0 Å². The Morgan fingerprint density at radius 3 is 2.75 bits per heavy atom. The maximum absolute atomic E-state index is 4.12. The summed E-state index contributed by atoms with van der Waals surface area (Å²) in [6.07, 6.45) is 2.27. The highest BCUT2D eigenvalue weighted by Gasteiger charge is 2.12. The lowest BCUT2D eigenvalue weighted by Crippen LogP contribution is -2.31. The van der Waals surface area contributed by atoms with E-state index in [9.17, 15) is 0 Å². The fraction of sp³-hybridized carbons (Fsp3) is 0.500. The zero-order chi connectivity index (χ0) is 14.2. The van der Waals surface area contributed by atoms with Gasteiger partial charge in [0.05, 0.1) is 5.69 Å². The normalized spacial score (nSPS) is 12.5. The number of benzene rings is 1. The first kappa shape index (κ1) is 15.0. The van der Waals surface area contributed by atoms with Crippen molar-refractivity contribution in [3.05, 3.63) is 30.3 Å². The Morgan fingerprint density at radius 2 is 2.05 bits per heavy atom. The Bertz CT molecular complexity index is 499. The van der Waals surface area contributed by atoms with Crippen LogP contribution in [0.4, 0.5) is 0 Å². The van der Waals surface area contributed by atoms with Crippen molar-refractivity contribution in [2.45, 2.75) is 37.9 Å². The molecule has 1 aromatic heterocycles. The van der Waals surface area contributed by atoms with Crippen LogP contribution in [0.25, 0.3) is 5.69 Å². The Balaban J connectivity index is 1.99. The van der Waals surface area contributed by atoms with Crippen molar-refractivity contribution in [3.63, 3.8) is 0 Å². The SMILES string of the molecule is CCCNC(CC)CSc1nnnn1-c1ccccc1. The van der Waals surface area contributed by atoms with E-state index in [1.54, 1.807) is 16.4 Å². The molecule has 0 fully saturated rings. The van der Waals surface area contributed by atoms with Crippen molar-refractivity contribution in [2.24, 2.45) is 0 Å². The third-order valence-electron chi connectivity index (χ3n) is 3.03. The average molecular weight is 291 g/mol. The van der Waals surface area contributed by atoms with Gasteiger partial charge in [0.2, 0.25) is 5.16 Å². The first-order chi connectivity index (χ1) is 9.85. The number of hydrogen-bond donors (Lipinski definition) is 1. The second-order valence-corrected chi connectivity index (χ2v) is 5.57. The predicted octanol–water partition coefficient (Wildman–Crippen LogP) is 2.53. The van der Waals surface area contributed by atoms with E-state index in [1.807, 2.05) is 30.3 Å². The Morgan fingerprint density at radius 1 is 1.25 bits per heavy atom. The maximum Gasteiger partial charge on any atom is 0.214 e. The first-order valence-corrected chi connectivity index (χ1v) is 8.03. The molecule has 0 aliphatic heterocycles. The molecular formula is C14H21N5S. The molecule has 0 spiro atoms. The second-order valence-electron chi connectivity index (χ2n) is 4.58. The topological polar surface area (TPSA) is 55.6 Å². The van der Waals surface area contributed by atoms with E-state index in [-0.39, 0.29) is 0 Å². The molecule has 5 nitrogen and oxygen atoms in total. The molecule has 1 N–H and O–H groups in total. The van der Waals surface area contributed by atoms with Crippen LogP contribution >= 0.6 is 11.8 Å². The predicted molar refractivity (Wildman–Crippen MR) is 82.3 cm³/mol. The molecule has 0 aliphatic carbocycles. The van der Waals surface area contributed by atoms with Crippen molar-refractivity contribution in [2.75, 3.05) is 12.3 Å². The van der Waals surface area contributed by atoms with Gasteiger partial charge in [0.15, 0.2) is 0 Å². The number of rotatable bonds is 8. The number of nitrogens with zero attached hydrogens (tertiary/aromatic N) is 4. The second kappa shape index (κ2) is 8.01. The monoisotopic (exact) mass is 291 g/mol. The summed E-state index contributed by atoms with van der Waals surface area (Å²) >= 11 is 1.70. The molecule has 2 aromatic rings. The van der Waals surface area contributed by atoms with Crippen LogP contribution in [0.1, 0.15) is 26.7 Å². The van der Waals surface area contributed by atoms with Gasteiger partial charge in [0.25, 0.3) is 0 Å². The molecule has 108 valence electrons. The number of nitrogens with one attached hydrogen (secondary N) is 1. The molecule has 2 rings (SSSR count). The minimum Gasteiger partial charge on any atom is -0.313 e. The Kier molecular flexibility index (Phi) is 6.01. The van der Waals surface area contributed by atoms with Crippen molar-refractivity contribution in [1.82, 2.24) is 25.5 Å². The quantitative estimate of drug-likeness (QED) is 0.757. The van der Waals surface area contributed by atoms with Crippen LogP contribution in [-0.2, 0) is 0 Å². The van der Waals surface area contributed by atoms with Crippen molar-refractivity contribution in [1.29, 1.82) is 0 Å². The molecule has 0 radical (unpaired) electrons. The van der Waals surface area contributed by atoms with Gasteiger partial charge in [-0.1, -0.05) is 43.8 Å². The van der Waals surface area contributed by atoms with E-state index >= 15 is 0 Å². The van der Waals surface area contributed by atoms with Crippen LogP contribution in [0.3, 0.4) is 0 Å². The number of thioether (sulfide) groups is 1. The van der Waals surface area contributed by atoms with E-state index in [2.05, 4.69) is 34.7 Å². The molecule has 1 atom stereocenters. The van der Waals surface area contributed by atoms with Crippen LogP contribution in [0.5, 0.6) is 0 Å². The third kappa shape index (κ3) is 4.05. The van der Waals surface area contributed by atoms with Crippen LogP contribution in [0.15, 0.2) is 35.5 Å². The molecule has 0 bridgehead atoms. The van der Waals surface area contributed by atoms with Gasteiger partial charge in [0.1, 0.15) is 0 Å². The minimum absolute atomic E-state index is 0.501. The Hall–Kier alpha value is -1.40. The molecule has 20 heavy (non-hydrogen) atoms. The lowest BCUT2D eigenvalue weighted by molar-refractivity contribution is 0.539. The van der Waals surface area contributed by atoms with Crippen molar-refractivity contribution >= 4 is 11.8 Å². The van der Waals surface area contributed by atoms with E-state index in [4.69, 9.17) is 0 Å². The lowest BCUT2D eigenvalue weighted by Gasteiger charge is -2.15. The van der Waals surface area contributed by atoms with Crippen LogP contribution < -0.4 is 5.32 Å². The van der Waals surface area contributed by atoms with E-state index in [1.165, 1.54) is 0 Å². The molecule has 1 heterocycles. The zero-order valence-electron chi connectivity index (χ0n) is 12.0. The first-order valence-electron chi connectivity index (χ1n) is 7.05. The summed E-state index contributed by atoms with van der Waals surface area (Å²) in [4.78, 5) is 0. The smallest absolute Gasteiger partial charge is 0.214 e. The summed E-state index contributed by atoms with van der Waals surface area (Å²) in [5.74, 6) is 0.976. The molecule has 0 amide bonds. The standard InChI is InChI=1S/C14H21N5S/c1-3-10-15-12(4-2)11-20-14-16-17-18-19(14)13-8-6-5-7-9-13/h5-9,12,15H,3-4,10-11H2,1-2H3. The lowest BCUT2D eigenvalue weighted by atomic mass is 10.2. The summed E-state index contributed by atoms with van der Waals surface area (Å²) in [5.41, 5.74) is 0.995. The summed E-state index contributed by atoms with van der Waals surface area (Å²) in [7, 11) is 0. The number of para-hydroxylation sites is 1. The van der Waals surface area contributed by atoms with Gasteiger partial charge in [-0.05, 0) is 41.9 Å². The van der Waals surface area contributed by atoms with Gasteiger partial charge in [-0.25, -0.2) is 0 Å². The van der Waals surface area contributed by atoms with Gasteiger partial charge >= 0.3 is 0 Å². The number of tetrazole rings is 1. The van der Waals surface area contributed by atoms with Gasteiger partial charge in [-0.2, -0.15) is 4.68 Å². The fourth-order valence-corrected chi connectivity index (χ4v) is 2.91. The molecule has 0 aliphatic rings.